The number of rotatable bonds is 9. The summed E-state index contributed by atoms with van der Waals surface area (Å²) in [7, 11) is 4.11. The quantitative estimate of drug-likeness (QED) is 0.443. The van der Waals surface area contributed by atoms with Crippen molar-refractivity contribution in [3.63, 3.8) is 0 Å². The standard InChI is InChI=1S/C22H44N2O/c1-19-8-10-22(11-9-20(19)2)24(17-18-25-4)14-6-5-7-21-12-15-23(3)16-13-21/h19-22H,5-18H2,1-4H3/t19-,20+,22?. The first-order chi connectivity index (χ1) is 12.1. The van der Waals surface area contributed by atoms with Crippen LogP contribution in [0.2, 0.25) is 0 Å². The zero-order valence-corrected chi connectivity index (χ0v) is 17.5. The number of unbranched alkanes of at least 4 members (excludes halogenated alkanes) is 1. The topological polar surface area (TPSA) is 15.7 Å². The van der Waals surface area contributed by atoms with Crippen LogP contribution in [0.25, 0.3) is 0 Å². The van der Waals surface area contributed by atoms with Crippen molar-refractivity contribution in [2.45, 2.75) is 77.7 Å². The van der Waals surface area contributed by atoms with E-state index >= 15 is 0 Å². The SMILES string of the molecule is COCCN(CCCCC1CCN(C)CC1)C1CC[C@@H](C)[C@@H](C)CC1. The molecule has 0 amide bonds. The molecule has 0 aromatic rings. The van der Waals surface area contributed by atoms with Crippen molar-refractivity contribution in [1.82, 2.24) is 9.80 Å². The van der Waals surface area contributed by atoms with Crippen LogP contribution in [0.15, 0.2) is 0 Å². The number of hydrogen-bond acceptors (Lipinski definition) is 3. The first-order valence-electron chi connectivity index (χ1n) is 11.0. The first kappa shape index (κ1) is 21.2. The molecule has 3 heteroatoms. The second kappa shape index (κ2) is 11.6. The number of likely N-dealkylation sites (tertiary alicyclic amines) is 1. The van der Waals surface area contributed by atoms with E-state index in [1.165, 1.54) is 77.4 Å². The van der Waals surface area contributed by atoms with Crippen molar-refractivity contribution in [1.29, 1.82) is 0 Å². The van der Waals surface area contributed by atoms with Gasteiger partial charge in [0.25, 0.3) is 0 Å². The predicted octanol–water partition coefficient (Wildman–Crippen LogP) is 4.66. The van der Waals surface area contributed by atoms with Crippen molar-refractivity contribution < 1.29 is 4.74 Å². The van der Waals surface area contributed by atoms with Crippen LogP contribution in [-0.2, 0) is 4.74 Å². The molecule has 2 fully saturated rings. The smallest absolute Gasteiger partial charge is 0.0589 e. The van der Waals surface area contributed by atoms with Gasteiger partial charge in [-0.1, -0.05) is 26.7 Å². The second-order valence-electron chi connectivity index (χ2n) is 9.03. The van der Waals surface area contributed by atoms with E-state index in [0.717, 1.165) is 36.9 Å². The summed E-state index contributed by atoms with van der Waals surface area (Å²) in [5, 5.41) is 0. The lowest BCUT2D eigenvalue weighted by Crippen LogP contribution is -2.38. The van der Waals surface area contributed by atoms with E-state index in [9.17, 15) is 0 Å². The molecule has 0 spiro atoms. The first-order valence-corrected chi connectivity index (χ1v) is 11.0. The van der Waals surface area contributed by atoms with Crippen LogP contribution in [0.5, 0.6) is 0 Å². The maximum Gasteiger partial charge on any atom is 0.0589 e. The van der Waals surface area contributed by atoms with Gasteiger partial charge in [-0.2, -0.15) is 0 Å². The van der Waals surface area contributed by atoms with Crippen molar-refractivity contribution in [2.24, 2.45) is 17.8 Å². The maximum absolute atomic E-state index is 5.40. The fourth-order valence-electron chi connectivity index (χ4n) is 4.77. The Hall–Kier alpha value is -0.120. The van der Waals surface area contributed by atoms with Gasteiger partial charge in [-0.05, 0) is 89.4 Å². The third-order valence-corrected chi connectivity index (χ3v) is 7.13. The summed E-state index contributed by atoms with van der Waals surface area (Å²) >= 11 is 0. The van der Waals surface area contributed by atoms with Crippen molar-refractivity contribution in [3.05, 3.63) is 0 Å². The molecule has 2 aliphatic rings. The van der Waals surface area contributed by atoms with E-state index in [-0.39, 0.29) is 0 Å². The predicted molar refractivity (Wildman–Crippen MR) is 108 cm³/mol. The molecule has 0 aromatic heterocycles. The highest BCUT2D eigenvalue weighted by atomic mass is 16.5. The fraction of sp³-hybridized carbons (Fsp3) is 1.00. The summed E-state index contributed by atoms with van der Waals surface area (Å²) in [5.41, 5.74) is 0. The molecule has 2 rings (SSSR count). The summed E-state index contributed by atoms with van der Waals surface area (Å²) in [6.07, 6.45) is 12.7. The minimum atomic E-state index is 0.797. The Balaban J connectivity index is 1.71. The van der Waals surface area contributed by atoms with Crippen molar-refractivity contribution >= 4 is 0 Å². The molecule has 1 aliphatic carbocycles. The Morgan fingerprint density at radius 2 is 1.52 bits per heavy atom. The van der Waals surface area contributed by atoms with Gasteiger partial charge >= 0.3 is 0 Å². The zero-order valence-electron chi connectivity index (χ0n) is 17.5. The van der Waals surface area contributed by atoms with Crippen LogP contribution < -0.4 is 0 Å². The molecular formula is C22H44N2O. The van der Waals surface area contributed by atoms with Gasteiger partial charge in [0.2, 0.25) is 0 Å². The van der Waals surface area contributed by atoms with E-state index in [1.807, 2.05) is 7.11 Å². The second-order valence-corrected chi connectivity index (χ2v) is 9.03. The van der Waals surface area contributed by atoms with E-state index in [0.29, 0.717) is 0 Å². The van der Waals surface area contributed by atoms with Crippen LogP contribution in [0.4, 0.5) is 0 Å². The molecule has 0 radical (unpaired) electrons. The number of piperidine rings is 1. The summed E-state index contributed by atoms with van der Waals surface area (Å²) in [6.45, 7) is 10.8. The molecule has 3 atom stereocenters. The van der Waals surface area contributed by atoms with Gasteiger partial charge in [-0.15, -0.1) is 0 Å². The zero-order chi connectivity index (χ0) is 18.1. The van der Waals surface area contributed by atoms with Crippen LogP contribution >= 0.6 is 0 Å². The summed E-state index contributed by atoms with van der Waals surface area (Å²) in [6, 6.07) is 0.797. The number of ether oxygens (including phenoxy) is 1. The average Bonchev–Trinajstić information content (AvgIpc) is 2.78. The molecule has 25 heavy (non-hydrogen) atoms. The Bertz CT molecular complexity index is 329. The van der Waals surface area contributed by atoms with Crippen LogP contribution in [0.1, 0.15) is 71.6 Å². The van der Waals surface area contributed by atoms with E-state index < -0.39 is 0 Å². The normalized spacial score (nSPS) is 29.9. The molecule has 1 unspecified atom stereocenters. The molecule has 0 aromatic carbocycles. The maximum atomic E-state index is 5.40. The van der Waals surface area contributed by atoms with Gasteiger partial charge in [-0.25, -0.2) is 0 Å². The molecule has 1 saturated heterocycles. The monoisotopic (exact) mass is 352 g/mol. The van der Waals surface area contributed by atoms with Crippen molar-refractivity contribution in [3.8, 4) is 0 Å². The van der Waals surface area contributed by atoms with E-state index in [4.69, 9.17) is 4.74 Å². The van der Waals surface area contributed by atoms with Gasteiger partial charge < -0.3 is 9.64 Å². The summed E-state index contributed by atoms with van der Waals surface area (Å²) < 4.78 is 5.40. The Kier molecular flexibility index (Phi) is 9.80. The van der Waals surface area contributed by atoms with Gasteiger partial charge in [0.1, 0.15) is 0 Å². The number of nitrogens with zero attached hydrogens (tertiary/aromatic N) is 2. The largest absolute Gasteiger partial charge is 0.383 e. The highest BCUT2D eigenvalue weighted by Crippen LogP contribution is 2.30. The molecular weight excluding hydrogens is 308 g/mol. The summed E-state index contributed by atoms with van der Waals surface area (Å²) in [5.74, 6) is 2.79. The molecule has 1 heterocycles. The van der Waals surface area contributed by atoms with Gasteiger partial charge in [0, 0.05) is 19.7 Å². The van der Waals surface area contributed by atoms with E-state index in [1.54, 1.807) is 0 Å². The molecule has 1 aliphatic heterocycles. The fourth-order valence-corrected chi connectivity index (χ4v) is 4.77. The average molecular weight is 353 g/mol. The lowest BCUT2D eigenvalue weighted by molar-refractivity contribution is 0.109. The highest BCUT2D eigenvalue weighted by molar-refractivity contribution is 4.79. The minimum absolute atomic E-state index is 0.797. The van der Waals surface area contributed by atoms with Gasteiger partial charge in [0.15, 0.2) is 0 Å². The molecule has 0 bridgehead atoms. The van der Waals surface area contributed by atoms with Crippen LogP contribution in [0.3, 0.4) is 0 Å². The molecule has 1 saturated carbocycles. The van der Waals surface area contributed by atoms with Crippen molar-refractivity contribution in [2.75, 3.05) is 46.9 Å². The number of hydrogen-bond donors (Lipinski definition) is 0. The minimum Gasteiger partial charge on any atom is -0.383 e. The summed E-state index contributed by atoms with van der Waals surface area (Å²) in [4.78, 5) is 5.25. The third kappa shape index (κ3) is 7.56. The lowest BCUT2D eigenvalue weighted by Gasteiger charge is -2.32. The number of methoxy groups -OCH3 is 1. The molecule has 3 nitrogen and oxygen atoms in total. The van der Waals surface area contributed by atoms with E-state index in [2.05, 4.69) is 30.7 Å². The lowest BCUT2D eigenvalue weighted by atomic mass is 9.92. The highest BCUT2D eigenvalue weighted by Gasteiger charge is 2.25. The van der Waals surface area contributed by atoms with Gasteiger partial charge in [0.05, 0.1) is 6.61 Å². The Labute approximate surface area is 157 Å². The third-order valence-electron chi connectivity index (χ3n) is 7.13. The Morgan fingerprint density at radius 3 is 2.12 bits per heavy atom. The van der Waals surface area contributed by atoms with Crippen LogP contribution in [-0.4, -0.2) is 62.8 Å². The Morgan fingerprint density at radius 1 is 0.880 bits per heavy atom. The van der Waals surface area contributed by atoms with Gasteiger partial charge in [-0.3, -0.25) is 4.90 Å². The van der Waals surface area contributed by atoms with Crippen LogP contribution in [0, 0.1) is 17.8 Å². The molecule has 148 valence electrons. The molecule has 0 N–H and O–H groups in total.